The number of amides is 2. The topological polar surface area (TPSA) is 66.6 Å². The number of halogens is 2. The predicted molar refractivity (Wildman–Crippen MR) is 109 cm³/mol. The van der Waals surface area contributed by atoms with Crippen molar-refractivity contribution in [2.24, 2.45) is 5.73 Å². The Morgan fingerprint density at radius 2 is 1.54 bits per heavy atom. The average molecular weight is 406 g/mol. The van der Waals surface area contributed by atoms with Crippen LogP contribution in [0.15, 0.2) is 42.5 Å². The van der Waals surface area contributed by atoms with Gasteiger partial charge in [-0.1, -0.05) is 35.9 Å². The number of piperazine rings is 1. The summed E-state index contributed by atoms with van der Waals surface area (Å²) in [5.41, 5.74) is 8.84. The first kappa shape index (κ1) is 21.9. The van der Waals surface area contributed by atoms with Gasteiger partial charge in [0.25, 0.3) is 5.91 Å². The van der Waals surface area contributed by atoms with E-state index in [9.17, 15) is 14.0 Å². The molecule has 0 aliphatic carbocycles. The summed E-state index contributed by atoms with van der Waals surface area (Å²) in [6.07, 6.45) is 0. The van der Waals surface area contributed by atoms with Crippen molar-refractivity contribution < 1.29 is 14.0 Å². The van der Waals surface area contributed by atoms with Crippen LogP contribution in [0, 0.1) is 19.7 Å². The summed E-state index contributed by atoms with van der Waals surface area (Å²) in [6, 6.07) is 11.4. The van der Waals surface area contributed by atoms with E-state index in [1.165, 1.54) is 6.07 Å². The highest BCUT2D eigenvalue weighted by atomic mass is 35.5. The third-order valence-electron chi connectivity index (χ3n) is 5.00. The summed E-state index contributed by atoms with van der Waals surface area (Å²) < 4.78 is 13.7. The fourth-order valence-corrected chi connectivity index (χ4v) is 3.15. The maximum absolute atomic E-state index is 13.7. The predicted octanol–water partition coefficient (Wildman–Crippen LogP) is 2.85. The molecule has 0 spiro atoms. The van der Waals surface area contributed by atoms with Crippen LogP contribution in [0.25, 0.3) is 0 Å². The summed E-state index contributed by atoms with van der Waals surface area (Å²) in [4.78, 5) is 28.5. The third-order valence-corrected chi connectivity index (χ3v) is 5.00. The van der Waals surface area contributed by atoms with Crippen molar-refractivity contribution in [3.05, 3.63) is 70.5 Å². The Bertz CT molecular complexity index is 849. The van der Waals surface area contributed by atoms with Crippen LogP contribution in [-0.2, 0) is 4.79 Å². The monoisotopic (exact) mass is 405 g/mol. The van der Waals surface area contributed by atoms with E-state index in [2.05, 4.69) is 0 Å². The van der Waals surface area contributed by atoms with Gasteiger partial charge in [0.15, 0.2) is 0 Å². The zero-order valence-electron chi connectivity index (χ0n) is 16.0. The van der Waals surface area contributed by atoms with E-state index in [0.29, 0.717) is 37.3 Å². The van der Waals surface area contributed by atoms with E-state index in [4.69, 9.17) is 5.73 Å². The van der Waals surface area contributed by atoms with Gasteiger partial charge in [-0.05, 0) is 37.1 Å². The van der Waals surface area contributed by atoms with Gasteiger partial charge < -0.3 is 15.5 Å². The quantitative estimate of drug-likeness (QED) is 0.853. The molecule has 1 atom stereocenters. The highest BCUT2D eigenvalue weighted by Crippen LogP contribution is 2.17. The molecule has 2 N–H and O–H groups in total. The van der Waals surface area contributed by atoms with Crippen LogP contribution in [0.5, 0.6) is 0 Å². The zero-order valence-corrected chi connectivity index (χ0v) is 16.8. The Kier molecular flexibility index (Phi) is 7.16. The zero-order chi connectivity index (χ0) is 19.6. The second kappa shape index (κ2) is 9.17. The number of nitrogens with zero attached hydrogens (tertiary/aromatic N) is 2. The molecule has 5 nitrogen and oxygen atoms in total. The van der Waals surface area contributed by atoms with Gasteiger partial charge in [-0.15, -0.1) is 12.4 Å². The maximum atomic E-state index is 13.7. The van der Waals surface area contributed by atoms with Crippen LogP contribution in [-0.4, -0.2) is 47.8 Å². The van der Waals surface area contributed by atoms with Gasteiger partial charge in [0.2, 0.25) is 5.91 Å². The summed E-state index contributed by atoms with van der Waals surface area (Å²) in [7, 11) is 0. The minimum atomic E-state index is -0.709. The number of carbonyl (C=O) groups excluding carboxylic acids is 2. The van der Waals surface area contributed by atoms with E-state index in [0.717, 1.165) is 11.1 Å². The van der Waals surface area contributed by atoms with Gasteiger partial charge in [-0.2, -0.15) is 0 Å². The molecule has 3 rings (SSSR count). The van der Waals surface area contributed by atoms with Gasteiger partial charge >= 0.3 is 0 Å². The SMILES string of the molecule is Cc1ccc(C(N)C(=O)N2CCN(C(=O)c3ccc(C)c(F)c3)CC2)cc1.Cl. The van der Waals surface area contributed by atoms with Crippen molar-refractivity contribution >= 4 is 24.2 Å². The molecule has 1 fully saturated rings. The van der Waals surface area contributed by atoms with Gasteiger partial charge in [0.05, 0.1) is 0 Å². The molecule has 2 aromatic rings. The minimum Gasteiger partial charge on any atom is -0.337 e. The number of rotatable bonds is 3. The number of benzene rings is 2. The molecule has 1 unspecified atom stereocenters. The maximum Gasteiger partial charge on any atom is 0.254 e. The van der Waals surface area contributed by atoms with Gasteiger partial charge in [-0.25, -0.2) is 4.39 Å². The first-order valence-corrected chi connectivity index (χ1v) is 9.03. The fourth-order valence-electron chi connectivity index (χ4n) is 3.15. The highest BCUT2D eigenvalue weighted by molar-refractivity contribution is 5.94. The molecular formula is C21H25ClFN3O2. The van der Waals surface area contributed by atoms with Crippen LogP contribution >= 0.6 is 12.4 Å². The molecular weight excluding hydrogens is 381 g/mol. The van der Waals surface area contributed by atoms with Crippen molar-refractivity contribution in [3.8, 4) is 0 Å². The van der Waals surface area contributed by atoms with Gasteiger partial charge in [0.1, 0.15) is 11.9 Å². The molecule has 1 saturated heterocycles. The Hall–Kier alpha value is -2.44. The third kappa shape index (κ3) is 4.69. The van der Waals surface area contributed by atoms with Gasteiger partial charge in [-0.3, -0.25) is 9.59 Å². The summed E-state index contributed by atoms with van der Waals surface area (Å²) in [5.74, 6) is -0.755. The number of nitrogens with two attached hydrogens (primary N) is 1. The first-order chi connectivity index (χ1) is 12.9. The molecule has 28 heavy (non-hydrogen) atoms. The minimum absolute atomic E-state index is 0. The van der Waals surface area contributed by atoms with Crippen molar-refractivity contribution in [1.29, 1.82) is 0 Å². The summed E-state index contributed by atoms with van der Waals surface area (Å²) >= 11 is 0. The highest BCUT2D eigenvalue weighted by Gasteiger charge is 2.28. The normalized spacial score (nSPS) is 15.0. The van der Waals surface area contributed by atoms with E-state index in [1.807, 2.05) is 31.2 Å². The number of hydrogen-bond donors (Lipinski definition) is 1. The lowest BCUT2D eigenvalue weighted by Gasteiger charge is -2.36. The first-order valence-electron chi connectivity index (χ1n) is 9.03. The Morgan fingerprint density at radius 3 is 2.11 bits per heavy atom. The summed E-state index contributed by atoms with van der Waals surface area (Å²) in [6.45, 7) is 5.27. The lowest BCUT2D eigenvalue weighted by molar-refractivity contribution is -0.134. The molecule has 0 radical (unpaired) electrons. The fraction of sp³-hybridized carbons (Fsp3) is 0.333. The molecule has 1 aliphatic heterocycles. The van der Waals surface area contributed by atoms with E-state index < -0.39 is 11.9 Å². The van der Waals surface area contributed by atoms with Crippen LogP contribution in [0.2, 0.25) is 0 Å². The van der Waals surface area contributed by atoms with Crippen LogP contribution < -0.4 is 5.73 Å². The summed E-state index contributed by atoms with van der Waals surface area (Å²) in [5, 5.41) is 0. The van der Waals surface area contributed by atoms with Crippen molar-refractivity contribution in [2.45, 2.75) is 19.9 Å². The van der Waals surface area contributed by atoms with Crippen molar-refractivity contribution in [3.63, 3.8) is 0 Å². The van der Waals surface area contributed by atoms with E-state index >= 15 is 0 Å². The number of carbonyl (C=O) groups is 2. The Balaban J connectivity index is 0.00000280. The standard InChI is InChI=1S/C21H24FN3O2.ClH/c1-14-3-6-16(7-4-14)19(23)21(27)25-11-9-24(10-12-25)20(26)17-8-5-15(2)18(22)13-17;/h3-8,13,19H,9-12,23H2,1-2H3;1H. The molecule has 2 aromatic carbocycles. The van der Waals surface area contributed by atoms with E-state index in [1.54, 1.807) is 28.9 Å². The largest absolute Gasteiger partial charge is 0.337 e. The molecule has 1 heterocycles. The molecule has 1 aliphatic rings. The second-order valence-corrected chi connectivity index (χ2v) is 6.97. The lowest BCUT2D eigenvalue weighted by Crippen LogP contribution is -2.52. The average Bonchev–Trinajstić information content (AvgIpc) is 2.69. The smallest absolute Gasteiger partial charge is 0.254 e. The van der Waals surface area contributed by atoms with Crippen LogP contribution in [0.3, 0.4) is 0 Å². The van der Waals surface area contributed by atoms with Gasteiger partial charge in [0, 0.05) is 31.7 Å². The number of hydrogen-bond acceptors (Lipinski definition) is 3. The Labute approximate surface area is 170 Å². The molecule has 7 heteroatoms. The van der Waals surface area contributed by atoms with Crippen molar-refractivity contribution in [2.75, 3.05) is 26.2 Å². The van der Waals surface area contributed by atoms with Crippen LogP contribution in [0.1, 0.15) is 33.1 Å². The van der Waals surface area contributed by atoms with Crippen molar-refractivity contribution in [1.82, 2.24) is 9.80 Å². The van der Waals surface area contributed by atoms with Crippen LogP contribution in [0.4, 0.5) is 4.39 Å². The second-order valence-electron chi connectivity index (χ2n) is 6.97. The molecule has 150 valence electrons. The lowest BCUT2D eigenvalue weighted by atomic mass is 10.0. The molecule has 0 aromatic heterocycles. The van der Waals surface area contributed by atoms with E-state index in [-0.39, 0.29) is 24.2 Å². The number of aryl methyl sites for hydroxylation is 2. The molecule has 0 saturated carbocycles. The Morgan fingerprint density at radius 1 is 0.964 bits per heavy atom. The molecule has 2 amide bonds. The molecule has 0 bridgehead atoms.